The van der Waals surface area contributed by atoms with Crippen LogP contribution < -0.4 is 4.74 Å². The van der Waals surface area contributed by atoms with Crippen molar-refractivity contribution in [2.24, 2.45) is 0 Å². The second-order valence-electron chi connectivity index (χ2n) is 4.18. The molecule has 0 fully saturated rings. The van der Waals surface area contributed by atoms with Crippen molar-refractivity contribution >= 4 is 5.78 Å². The van der Waals surface area contributed by atoms with Crippen molar-refractivity contribution in [3.63, 3.8) is 0 Å². The first-order valence-electron chi connectivity index (χ1n) is 5.87. The Bertz CT molecular complexity index is 327. The van der Waals surface area contributed by atoms with Gasteiger partial charge in [-0.2, -0.15) is 0 Å². The highest BCUT2D eigenvalue weighted by atomic mass is 16.5. The van der Waals surface area contributed by atoms with Crippen LogP contribution in [0, 0.1) is 0 Å². The maximum absolute atomic E-state index is 10.8. The molecule has 0 aliphatic carbocycles. The number of benzene rings is 1. The summed E-state index contributed by atoms with van der Waals surface area (Å²) < 4.78 is 5.68. The van der Waals surface area contributed by atoms with Gasteiger partial charge >= 0.3 is 0 Å². The lowest BCUT2D eigenvalue weighted by atomic mass is 10.1. The molecule has 1 unspecified atom stereocenters. The zero-order valence-corrected chi connectivity index (χ0v) is 10.3. The van der Waals surface area contributed by atoms with Gasteiger partial charge in [0, 0.05) is 6.42 Å². The maximum Gasteiger partial charge on any atom is 0.130 e. The lowest BCUT2D eigenvalue weighted by Gasteiger charge is -2.12. The van der Waals surface area contributed by atoms with Crippen LogP contribution in [-0.2, 0) is 11.2 Å². The lowest BCUT2D eigenvalue weighted by Crippen LogP contribution is -2.09. The van der Waals surface area contributed by atoms with Crippen molar-refractivity contribution < 1.29 is 9.53 Å². The first kappa shape index (κ1) is 12.8. The van der Waals surface area contributed by atoms with Gasteiger partial charge in [0.05, 0.1) is 6.10 Å². The molecule has 0 aromatic heterocycles. The Balaban J connectivity index is 2.50. The van der Waals surface area contributed by atoms with Crippen LogP contribution in [0.3, 0.4) is 0 Å². The predicted octanol–water partition coefficient (Wildman–Crippen LogP) is 3.39. The number of hydrogen-bond acceptors (Lipinski definition) is 2. The molecule has 0 saturated carbocycles. The summed E-state index contributed by atoms with van der Waals surface area (Å²) >= 11 is 0. The van der Waals surface area contributed by atoms with E-state index in [4.69, 9.17) is 4.74 Å². The van der Waals surface area contributed by atoms with Gasteiger partial charge < -0.3 is 9.53 Å². The Labute approximate surface area is 97.6 Å². The van der Waals surface area contributed by atoms with Crippen molar-refractivity contribution in [1.82, 2.24) is 0 Å². The zero-order chi connectivity index (χ0) is 12.0. The third-order valence-corrected chi connectivity index (χ3v) is 2.60. The fraction of sp³-hybridized carbons (Fsp3) is 0.500. The summed E-state index contributed by atoms with van der Waals surface area (Å²) in [5, 5.41) is 0. The standard InChI is InChI=1S/C14H20O2/c1-4-12(3)16-14-9-7-13(8-10-14)6-5-11(2)15/h7-10,12H,4-6H2,1-3H3. The van der Waals surface area contributed by atoms with E-state index in [1.165, 1.54) is 5.56 Å². The average molecular weight is 220 g/mol. The topological polar surface area (TPSA) is 26.3 Å². The van der Waals surface area contributed by atoms with Crippen LogP contribution in [0.1, 0.15) is 39.2 Å². The second-order valence-corrected chi connectivity index (χ2v) is 4.18. The number of ether oxygens (including phenoxy) is 1. The number of hydrogen-bond donors (Lipinski definition) is 0. The van der Waals surface area contributed by atoms with Crippen molar-refractivity contribution in [2.75, 3.05) is 0 Å². The number of carbonyl (C=O) groups is 1. The number of Topliss-reactive ketones (excluding diaryl/α,β-unsaturated/α-hetero) is 1. The van der Waals surface area contributed by atoms with E-state index in [1.807, 2.05) is 24.3 Å². The first-order valence-corrected chi connectivity index (χ1v) is 5.87. The van der Waals surface area contributed by atoms with E-state index in [2.05, 4.69) is 13.8 Å². The third-order valence-electron chi connectivity index (χ3n) is 2.60. The molecule has 1 rings (SSSR count). The molecule has 0 aliphatic rings. The van der Waals surface area contributed by atoms with Gasteiger partial charge in [0.1, 0.15) is 11.5 Å². The minimum atomic E-state index is 0.236. The summed E-state index contributed by atoms with van der Waals surface area (Å²) in [7, 11) is 0. The van der Waals surface area contributed by atoms with Gasteiger partial charge in [0.25, 0.3) is 0 Å². The molecular weight excluding hydrogens is 200 g/mol. The summed E-state index contributed by atoms with van der Waals surface area (Å²) in [6.07, 6.45) is 2.69. The Morgan fingerprint density at radius 1 is 1.31 bits per heavy atom. The average Bonchev–Trinajstić information content (AvgIpc) is 2.28. The fourth-order valence-corrected chi connectivity index (χ4v) is 1.37. The fourth-order valence-electron chi connectivity index (χ4n) is 1.37. The molecule has 0 heterocycles. The van der Waals surface area contributed by atoms with E-state index in [1.54, 1.807) is 6.92 Å². The molecule has 1 aromatic carbocycles. The molecule has 0 saturated heterocycles. The normalized spacial score (nSPS) is 12.2. The predicted molar refractivity (Wildman–Crippen MR) is 65.8 cm³/mol. The van der Waals surface area contributed by atoms with E-state index in [-0.39, 0.29) is 11.9 Å². The van der Waals surface area contributed by atoms with Crippen LogP contribution in [0.2, 0.25) is 0 Å². The van der Waals surface area contributed by atoms with Crippen LogP contribution in [0.15, 0.2) is 24.3 Å². The summed E-state index contributed by atoms with van der Waals surface area (Å²) in [5.41, 5.74) is 1.19. The molecule has 0 spiro atoms. The van der Waals surface area contributed by atoms with Crippen LogP contribution in [0.5, 0.6) is 5.75 Å². The third kappa shape index (κ3) is 4.47. The van der Waals surface area contributed by atoms with Crippen molar-refractivity contribution in [2.45, 2.75) is 46.1 Å². The molecule has 0 N–H and O–H groups in total. The summed E-state index contributed by atoms with van der Waals surface area (Å²) in [4.78, 5) is 10.8. The minimum absolute atomic E-state index is 0.236. The summed E-state index contributed by atoms with van der Waals surface area (Å²) in [5.74, 6) is 1.14. The van der Waals surface area contributed by atoms with E-state index in [9.17, 15) is 4.79 Å². The Hall–Kier alpha value is -1.31. The molecule has 2 heteroatoms. The highest BCUT2D eigenvalue weighted by Crippen LogP contribution is 2.15. The minimum Gasteiger partial charge on any atom is -0.491 e. The van der Waals surface area contributed by atoms with Crippen LogP contribution in [0.4, 0.5) is 0 Å². The zero-order valence-electron chi connectivity index (χ0n) is 10.3. The van der Waals surface area contributed by atoms with Crippen molar-refractivity contribution in [3.05, 3.63) is 29.8 Å². The first-order chi connectivity index (χ1) is 7.61. The van der Waals surface area contributed by atoms with E-state index >= 15 is 0 Å². The van der Waals surface area contributed by atoms with Crippen LogP contribution in [0.25, 0.3) is 0 Å². The maximum atomic E-state index is 10.8. The molecule has 16 heavy (non-hydrogen) atoms. The molecule has 0 amide bonds. The van der Waals surface area contributed by atoms with Gasteiger partial charge in [0.2, 0.25) is 0 Å². The van der Waals surface area contributed by atoms with Gasteiger partial charge in [0.15, 0.2) is 0 Å². The Morgan fingerprint density at radius 2 is 1.94 bits per heavy atom. The number of carbonyl (C=O) groups excluding carboxylic acids is 1. The summed E-state index contributed by atoms with van der Waals surface area (Å²) in [6, 6.07) is 8.00. The largest absolute Gasteiger partial charge is 0.491 e. The van der Waals surface area contributed by atoms with Gasteiger partial charge in [-0.3, -0.25) is 0 Å². The van der Waals surface area contributed by atoms with Crippen LogP contribution in [-0.4, -0.2) is 11.9 Å². The highest BCUT2D eigenvalue weighted by molar-refractivity contribution is 5.75. The molecule has 1 atom stereocenters. The Morgan fingerprint density at radius 3 is 2.44 bits per heavy atom. The second kappa shape index (κ2) is 6.31. The molecule has 88 valence electrons. The Kier molecular flexibility index (Phi) is 5.03. The quantitative estimate of drug-likeness (QED) is 0.734. The monoisotopic (exact) mass is 220 g/mol. The SMILES string of the molecule is CCC(C)Oc1ccc(CCC(C)=O)cc1. The molecule has 2 nitrogen and oxygen atoms in total. The van der Waals surface area contributed by atoms with Gasteiger partial charge in [-0.15, -0.1) is 0 Å². The molecule has 0 bridgehead atoms. The van der Waals surface area contributed by atoms with Crippen LogP contribution >= 0.6 is 0 Å². The summed E-state index contributed by atoms with van der Waals surface area (Å²) in [6.45, 7) is 5.79. The number of rotatable bonds is 6. The van der Waals surface area contributed by atoms with E-state index < -0.39 is 0 Å². The van der Waals surface area contributed by atoms with E-state index in [0.717, 1.165) is 18.6 Å². The van der Waals surface area contributed by atoms with Crippen molar-refractivity contribution in [1.29, 1.82) is 0 Å². The molecule has 1 aromatic rings. The van der Waals surface area contributed by atoms with E-state index in [0.29, 0.717) is 6.42 Å². The molecular formula is C14H20O2. The smallest absolute Gasteiger partial charge is 0.130 e. The van der Waals surface area contributed by atoms with Crippen molar-refractivity contribution in [3.8, 4) is 5.75 Å². The van der Waals surface area contributed by atoms with Gasteiger partial charge in [-0.25, -0.2) is 0 Å². The number of aryl methyl sites for hydroxylation is 1. The van der Waals surface area contributed by atoms with Gasteiger partial charge in [-0.05, 0) is 44.4 Å². The highest BCUT2D eigenvalue weighted by Gasteiger charge is 2.01. The molecule has 0 radical (unpaired) electrons. The molecule has 0 aliphatic heterocycles. The number of ketones is 1. The lowest BCUT2D eigenvalue weighted by molar-refractivity contribution is -0.116. The van der Waals surface area contributed by atoms with Gasteiger partial charge in [-0.1, -0.05) is 19.1 Å².